The van der Waals surface area contributed by atoms with Crippen LogP contribution in [0.25, 0.3) is 0 Å². The van der Waals surface area contributed by atoms with E-state index in [-0.39, 0.29) is 6.54 Å². The second-order valence-electron chi connectivity index (χ2n) is 3.93. The number of nitrogens with one attached hydrogen (secondary N) is 2. The Morgan fingerprint density at radius 2 is 2.12 bits per heavy atom. The van der Waals surface area contributed by atoms with Crippen LogP contribution >= 0.6 is 0 Å². The number of carbonyl (C=O) groups is 1. The van der Waals surface area contributed by atoms with Crippen molar-refractivity contribution in [2.75, 3.05) is 18.4 Å². The average Bonchev–Trinajstić information content (AvgIpc) is 2.50. The van der Waals surface area contributed by atoms with Crippen molar-refractivity contribution >= 4 is 11.7 Å². The maximum absolute atomic E-state index is 12.4. The van der Waals surface area contributed by atoms with E-state index in [0.29, 0.717) is 5.69 Å². The first-order valence-electron chi connectivity index (χ1n) is 8.28. The van der Waals surface area contributed by atoms with E-state index in [0.717, 1.165) is 10.5 Å². The molecule has 2 aliphatic rings. The minimum Gasteiger partial charge on any atom is -0.317 e. The quantitative estimate of drug-likeness (QED) is 0.787. The molecular weight excluding hydrogens is 214 g/mol. The van der Waals surface area contributed by atoms with Crippen molar-refractivity contribution in [2.24, 2.45) is 0 Å². The smallest absolute Gasteiger partial charge is 0.317 e. The van der Waals surface area contributed by atoms with E-state index in [2.05, 4.69) is 10.6 Å². The zero-order valence-corrected chi connectivity index (χ0v) is 9.18. The number of nitrogens with zero attached hydrogens (tertiary/aromatic N) is 1. The summed E-state index contributed by atoms with van der Waals surface area (Å²) in [6.07, 6.45) is -2.68. The van der Waals surface area contributed by atoms with E-state index in [1.807, 2.05) is 6.07 Å². The molecule has 1 aromatic carbocycles. The van der Waals surface area contributed by atoms with Gasteiger partial charge in [0.2, 0.25) is 0 Å². The number of carbonyl (C=O) groups excluding carboxylic acids is 1. The fraction of sp³-hybridized carbons (Fsp3) is 0.462. The van der Waals surface area contributed by atoms with Gasteiger partial charge in [-0.1, -0.05) is 18.2 Å². The molecule has 0 radical (unpaired) electrons. The molecule has 4 atom stereocenters. The Morgan fingerprint density at radius 1 is 1.35 bits per heavy atom. The largest absolute Gasteiger partial charge is 0.322 e. The normalized spacial score (nSPS) is 50.0. The summed E-state index contributed by atoms with van der Waals surface area (Å²) in [4.78, 5) is 13.5. The van der Waals surface area contributed by atoms with Crippen LogP contribution in [0.15, 0.2) is 24.3 Å². The number of rotatable bonds is 1. The van der Waals surface area contributed by atoms with Crippen molar-refractivity contribution in [3.05, 3.63) is 29.8 Å². The van der Waals surface area contributed by atoms with E-state index < -0.39 is 37.9 Å². The minimum absolute atomic E-state index is 0.0930. The van der Waals surface area contributed by atoms with Crippen molar-refractivity contribution in [1.82, 2.24) is 10.2 Å². The summed E-state index contributed by atoms with van der Waals surface area (Å²) in [5.41, 5.74) is 1.43. The number of urea groups is 1. The van der Waals surface area contributed by atoms with Gasteiger partial charge in [0, 0.05) is 23.7 Å². The molecule has 0 aliphatic carbocycles. The Morgan fingerprint density at radius 3 is 2.94 bits per heavy atom. The van der Waals surface area contributed by atoms with Gasteiger partial charge in [0.05, 0.1) is 1.37 Å². The van der Waals surface area contributed by atoms with Gasteiger partial charge in [0.15, 0.2) is 0 Å². The van der Waals surface area contributed by atoms with E-state index in [4.69, 9.17) is 6.85 Å². The van der Waals surface area contributed by atoms with Crippen LogP contribution in [0.5, 0.6) is 0 Å². The lowest BCUT2D eigenvalue weighted by molar-refractivity contribution is 0.163. The molecule has 17 heavy (non-hydrogen) atoms. The topological polar surface area (TPSA) is 44.4 Å². The number of para-hydroxylation sites is 1. The molecule has 2 amide bonds. The molecule has 4 unspecified atom stereocenters. The first-order valence-corrected chi connectivity index (χ1v) is 5.47. The van der Waals surface area contributed by atoms with Crippen molar-refractivity contribution < 1.29 is 11.6 Å². The molecule has 1 fully saturated rings. The molecule has 2 aliphatic heterocycles. The van der Waals surface area contributed by atoms with Gasteiger partial charge in [-0.2, -0.15) is 0 Å². The van der Waals surface area contributed by atoms with Gasteiger partial charge < -0.3 is 15.5 Å². The molecule has 1 saturated heterocycles. The fourth-order valence-corrected chi connectivity index (χ4v) is 1.97. The number of amides is 2. The van der Waals surface area contributed by atoms with Crippen LogP contribution in [-0.4, -0.2) is 30.0 Å². The first-order chi connectivity index (χ1) is 10.4. The predicted octanol–water partition coefficient (Wildman–Crippen LogP) is 1.79. The molecule has 0 saturated carbocycles. The van der Waals surface area contributed by atoms with Crippen molar-refractivity contribution in [1.29, 1.82) is 0 Å². The monoisotopic (exact) mass is 241 g/mol. The highest BCUT2D eigenvalue weighted by atomic mass is 16.2. The summed E-state index contributed by atoms with van der Waals surface area (Å²) in [6.45, 7) is -2.28. The summed E-state index contributed by atoms with van der Waals surface area (Å²) in [5.74, 6) is 0. The van der Waals surface area contributed by atoms with Crippen LogP contribution in [-0.2, 0) is 6.54 Å². The first kappa shape index (κ1) is 6.40. The number of hydrogen-bond donors (Lipinski definition) is 2. The van der Waals surface area contributed by atoms with E-state index >= 15 is 0 Å². The van der Waals surface area contributed by atoms with Gasteiger partial charge in [-0.3, -0.25) is 0 Å². The minimum atomic E-state index is -1.96. The Kier molecular flexibility index (Phi) is 1.65. The van der Waals surface area contributed by atoms with Gasteiger partial charge >= 0.3 is 6.03 Å². The van der Waals surface area contributed by atoms with Gasteiger partial charge in [0.1, 0.15) is 0 Å². The van der Waals surface area contributed by atoms with Crippen LogP contribution in [0.1, 0.15) is 25.2 Å². The van der Waals surface area contributed by atoms with Gasteiger partial charge in [-0.05, 0) is 37.5 Å². The molecule has 4 nitrogen and oxygen atoms in total. The fourth-order valence-electron chi connectivity index (χ4n) is 1.97. The van der Waals surface area contributed by atoms with Crippen LogP contribution in [0.3, 0.4) is 0 Å². The molecule has 4 heteroatoms. The number of piperidine rings is 1. The highest BCUT2D eigenvalue weighted by Gasteiger charge is 2.29. The molecular formula is C13H17N3O. The predicted molar refractivity (Wildman–Crippen MR) is 66.9 cm³/mol. The Bertz CT molecular complexity index is 587. The zero-order chi connectivity index (χ0) is 16.1. The zero-order valence-electron chi connectivity index (χ0n) is 14.2. The average molecular weight is 241 g/mol. The number of benzene rings is 1. The molecule has 3 rings (SSSR count). The van der Waals surface area contributed by atoms with Crippen molar-refractivity contribution in [2.45, 2.75) is 25.4 Å². The molecule has 1 aromatic rings. The van der Waals surface area contributed by atoms with E-state index in [1.165, 1.54) is 0 Å². The van der Waals surface area contributed by atoms with Crippen LogP contribution < -0.4 is 10.6 Å². The van der Waals surface area contributed by atoms with E-state index in [1.54, 1.807) is 18.2 Å². The molecule has 0 aromatic heterocycles. The Hall–Kier alpha value is -1.55. The van der Waals surface area contributed by atoms with Gasteiger partial charge in [0.25, 0.3) is 0 Å². The summed E-state index contributed by atoms with van der Waals surface area (Å²) in [6, 6.07) is 4.63. The standard InChI is InChI=1S/C13H17N3O/c17-13-15-12-4-2-1-3-10(12)9-16(13)11-5-7-14-8-6-11/h1-4,11,14H,5-9H2,(H,15,17)/i5T,6T,7T,8T,11T. The molecule has 0 bridgehead atoms. The number of hydrogen-bond acceptors (Lipinski definition) is 2. The van der Waals surface area contributed by atoms with Gasteiger partial charge in [-0.15, -0.1) is 0 Å². The summed E-state index contributed by atoms with van der Waals surface area (Å²) in [5, 5.41) is 5.15. The lowest BCUT2D eigenvalue weighted by Gasteiger charge is -2.37. The lowest BCUT2D eigenvalue weighted by Crippen LogP contribution is -2.49. The highest BCUT2D eigenvalue weighted by Crippen LogP contribution is 2.26. The molecule has 2 heterocycles. The summed E-state index contributed by atoms with van der Waals surface area (Å²) < 4.78 is 40.4. The van der Waals surface area contributed by atoms with Crippen LogP contribution in [0.2, 0.25) is 0 Å². The summed E-state index contributed by atoms with van der Waals surface area (Å²) >= 11 is 0. The highest BCUT2D eigenvalue weighted by molar-refractivity contribution is 5.92. The summed E-state index contributed by atoms with van der Waals surface area (Å²) in [7, 11) is 0. The SMILES string of the molecule is [3H]C1NC([3H])C([3H])C([3H])(N2Cc3ccccc3NC2=O)C1[3H]. The van der Waals surface area contributed by atoms with Crippen LogP contribution in [0, 0.1) is 0 Å². The maximum Gasteiger partial charge on any atom is 0.322 e. The van der Waals surface area contributed by atoms with Crippen molar-refractivity contribution in [3.63, 3.8) is 0 Å². The molecule has 0 spiro atoms. The third kappa shape index (κ3) is 2.00. The Balaban J connectivity index is 1.99. The maximum atomic E-state index is 12.4. The molecule has 90 valence electrons. The van der Waals surface area contributed by atoms with Crippen molar-refractivity contribution in [3.8, 4) is 0 Å². The van der Waals surface area contributed by atoms with Gasteiger partial charge in [-0.25, -0.2) is 4.79 Å². The number of anilines is 1. The third-order valence-electron chi connectivity index (χ3n) is 2.84. The van der Waals surface area contributed by atoms with Crippen LogP contribution in [0.4, 0.5) is 10.5 Å². The number of fused-ring (bicyclic) bond motifs is 1. The lowest BCUT2D eigenvalue weighted by atomic mass is 10.0. The second kappa shape index (κ2) is 4.37. The Labute approximate surface area is 108 Å². The van der Waals surface area contributed by atoms with E-state index in [9.17, 15) is 4.79 Å². The second-order valence-corrected chi connectivity index (χ2v) is 3.93. The third-order valence-corrected chi connectivity index (χ3v) is 2.84. The molecule has 2 N–H and O–H groups in total.